The predicted molar refractivity (Wildman–Crippen MR) is 49.4 cm³/mol. The van der Waals surface area contributed by atoms with Gasteiger partial charge in [-0.25, -0.2) is 13.8 Å². The molecule has 0 aliphatic rings. The first-order valence-electron chi connectivity index (χ1n) is 3.77. The van der Waals surface area contributed by atoms with E-state index in [0.717, 1.165) is 0 Å². The molecule has 86 valence electrons. The monoisotopic (exact) mass is 251 g/mol. The summed E-state index contributed by atoms with van der Waals surface area (Å²) in [5.74, 6) is -1.23. The maximum absolute atomic E-state index is 12.4. The van der Waals surface area contributed by atoms with Gasteiger partial charge < -0.3 is 5.73 Å². The summed E-state index contributed by atoms with van der Waals surface area (Å²) in [5, 5.41) is 9.70. The fraction of sp³-hybridized carbons (Fsp3) is 0.143. The van der Waals surface area contributed by atoms with Gasteiger partial charge in [0.1, 0.15) is 5.69 Å². The molecule has 9 heteroatoms. The van der Waals surface area contributed by atoms with E-state index in [4.69, 9.17) is 17.3 Å². The highest BCUT2D eigenvalue weighted by molar-refractivity contribution is 6.31. The van der Waals surface area contributed by atoms with Crippen LogP contribution in [0.3, 0.4) is 0 Å². The van der Waals surface area contributed by atoms with Crippen molar-refractivity contribution < 1.29 is 18.5 Å². The topological polar surface area (TPSA) is 99.1 Å². The molecule has 0 saturated heterocycles. The van der Waals surface area contributed by atoms with Crippen LogP contribution < -0.4 is 5.73 Å². The minimum absolute atomic E-state index is 0.582. The van der Waals surface area contributed by atoms with E-state index >= 15 is 0 Å². The van der Waals surface area contributed by atoms with Crippen molar-refractivity contribution >= 4 is 23.2 Å². The molecule has 1 aromatic rings. The van der Waals surface area contributed by atoms with E-state index in [-0.39, 0.29) is 0 Å². The summed E-state index contributed by atoms with van der Waals surface area (Å²) in [6, 6.07) is 0.582. The fourth-order valence-electron chi connectivity index (χ4n) is 0.985. The minimum Gasteiger partial charge on any atom is -0.366 e. The number of alkyl halides is 2. The number of halogens is 3. The molecule has 0 aliphatic carbocycles. The third-order valence-corrected chi connectivity index (χ3v) is 1.93. The van der Waals surface area contributed by atoms with Gasteiger partial charge in [-0.15, -0.1) is 0 Å². The van der Waals surface area contributed by atoms with E-state index in [0.29, 0.717) is 6.07 Å². The van der Waals surface area contributed by atoms with Crippen molar-refractivity contribution in [2.24, 2.45) is 5.73 Å². The Bertz CT molecular complexity index is 466. The molecular formula is C7H4ClF2N3O3. The highest BCUT2D eigenvalue weighted by Gasteiger charge is 2.25. The van der Waals surface area contributed by atoms with Crippen molar-refractivity contribution in [2.45, 2.75) is 6.43 Å². The average Bonchev–Trinajstić information content (AvgIpc) is 2.15. The zero-order valence-corrected chi connectivity index (χ0v) is 8.24. The van der Waals surface area contributed by atoms with Gasteiger partial charge in [0.2, 0.25) is 5.15 Å². The Morgan fingerprint density at radius 3 is 2.56 bits per heavy atom. The van der Waals surface area contributed by atoms with Crippen LogP contribution >= 0.6 is 11.6 Å². The Labute approximate surface area is 92.2 Å². The van der Waals surface area contributed by atoms with E-state index in [1.807, 2.05) is 0 Å². The molecular weight excluding hydrogens is 248 g/mol. The number of nitrogens with two attached hydrogens (primary N) is 1. The lowest BCUT2D eigenvalue weighted by Crippen LogP contribution is -2.16. The van der Waals surface area contributed by atoms with Crippen LogP contribution in [0.25, 0.3) is 0 Å². The van der Waals surface area contributed by atoms with Crippen LogP contribution in [-0.2, 0) is 0 Å². The molecule has 1 amide bonds. The molecule has 0 unspecified atom stereocenters. The predicted octanol–water partition coefficient (Wildman–Crippen LogP) is 1.68. The van der Waals surface area contributed by atoms with Crippen molar-refractivity contribution in [2.75, 3.05) is 0 Å². The lowest BCUT2D eigenvalue weighted by atomic mass is 10.1. The van der Waals surface area contributed by atoms with E-state index in [9.17, 15) is 23.7 Å². The van der Waals surface area contributed by atoms with Crippen LogP contribution in [0.5, 0.6) is 0 Å². The highest BCUT2D eigenvalue weighted by atomic mass is 35.5. The van der Waals surface area contributed by atoms with E-state index in [2.05, 4.69) is 4.98 Å². The number of primary amides is 1. The Balaban J connectivity index is 3.49. The highest BCUT2D eigenvalue weighted by Crippen LogP contribution is 2.29. The molecule has 6 nitrogen and oxygen atoms in total. The fourth-order valence-corrected chi connectivity index (χ4v) is 1.20. The largest absolute Gasteiger partial charge is 0.366 e. The normalized spacial score (nSPS) is 10.5. The van der Waals surface area contributed by atoms with Crippen LogP contribution in [-0.4, -0.2) is 15.8 Å². The van der Waals surface area contributed by atoms with Crippen molar-refractivity contribution in [3.05, 3.63) is 32.6 Å². The molecule has 16 heavy (non-hydrogen) atoms. The van der Waals surface area contributed by atoms with Crippen molar-refractivity contribution in [3.8, 4) is 0 Å². The third-order valence-electron chi connectivity index (χ3n) is 1.66. The molecule has 1 aromatic heterocycles. The van der Waals surface area contributed by atoms with Gasteiger partial charge in [-0.05, 0) is 0 Å². The van der Waals surface area contributed by atoms with Crippen molar-refractivity contribution in [1.82, 2.24) is 4.98 Å². The van der Waals surface area contributed by atoms with E-state index in [1.165, 1.54) is 0 Å². The number of pyridine rings is 1. The first-order valence-corrected chi connectivity index (χ1v) is 4.15. The summed E-state index contributed by atoms with van der Waals surface area (Å²) < 4.78 is 24.8. The van der Waals surface area contributed by atoms with Gasteiger partial charge in [0.25, 0.3) is 12.3 Å². The minimum atomic E-state index is -3.10. The number of hydrogen-bond donors (Lipinski definition) is 1. The SMILES string of the molecule is NC(=O)c1cc([N+](=O)[O-])c(Cl)nc1C(F)F. The second kappa shape index (κ2) is 4.35. The average molecular weight is 252 g/mol. The van der Waals surface area contributed by atoms with Gasteiger partial charge in [-0.3, -0.25) is 14.9 Å². The Morgan fingerprint density at radius 2 is 2.19 bits per heavy atom. The maximum atomic E-state index is 12.4. The molecule has 0 radical (unpaired) electrons. The van der Waals surface area contributed by atoms with Crippen LogP contribution in [0.4, 0.5) is 14.5 Å². The van der Waals surface area contributed by atoms with Gasteiger partial charge in [-0.1, -0.05) is 11.6 Å². The first-order chi connectivity index (χ1) is 7.34. The van der Waals surface area contributed by atoms with Crippen LogP contribution in [0.1, 0.15) is 22.5 Å². The molecule has 0 fully saturated rings. The number of hydrogen-bond acceptors (Lipinski definition) is 4. The molecule has 2 N–H and O–H groups in total. The summed E-state index contributed by atoms with van der Waals surface area (Å²) in [6.45, 7) is 0. The summed E-state index contributed by atoms with van der Waals surface area (Å²) in [4.78, 5) is 23.4. The third kappa shape index (κ3) is 2.22. The number of carbonyl (C=O) groups excluding carboxylic acids is 1. The number of rotatable bonds is 3. The standard InChI is InChI=1S/C7H4ClF2N3O3/c8-5-3(13(15)16)1-2(7(11)14)4(12-5)6(9)10/h1,6H,(H2,11,14). The summed E-state index contributed by atoms with van der Waals surface area (Å²) >= 11 is 5.31. The zero-order chi connectivity index (χ0) is 12.5. The van der Waals surface area contributed by atoms with Crippen molar-refractivity contribution in [1.29, 1.82) is 0 Å². The maximum Gasteiger partial charge on any atom is 0.307 e. The lowest BCUT2D eigenvalue weighted by Gasteiger charge is -2.05. The smallest absolute Gasteiger partial charge is 0.307 e. The molecule has 0 spiro atoms. The van der Waals surface area contributed by atoms with Gasteiger partial charge in [-0.2, -0.15) is 0 Å². The quantitative estimate of drug-likeness (QED) is 0.502. The molecule has 0 atom stereocenters. The Morgan fingerprint density at radius 1 is 1.62 bits per heavy atom. The first kappa shape index (κ1) is 12.2. The number of aromatic nitrogens is 1. The summed E-state index contributed by atoms with van der Waals surface area (Å²) in [5.41, 5.74) is 2.36. The van der Waals surface area contributed by atoms with Gasteiger partial charge in [0.15, 0.2) is 0 Å². The van der Waals surface area contributed by atoms with Crippen LogP contribution in [0.2, 0.25) is 5.15 Å². The lowest BCUT2D eigenvalue weighted by molar-refractivity contribution is -0.385. The van der Waals surface area contributed by atoms with E-state index in [1.54, 1.807) is 0 Å². The Hall–Kier alpha value is -1.83. The molecule has 1 heterocycles. The Kier molecular flexibility index (Phi) is 3.33. The number of amides is 1. The molecule has 0 saturated carbocycles. The van der Waals surface area contributed by atoms with Gasteiger partial charge in [0.05, 0.1) is 10.5 Å². The second-order valence-electron chi connectivity index (χ2n) is 2.65. The van der Waals surface area contributed by atoms with Crippen molar-refractivity contribution in [3.63, 3.8) is 0 Å². The summed E-state index contributed by atoms with van der Waals surface area (Å²) in [7, 11) is 0. The number of nitrogens with zero attached hydrogens (tertiary/aromatic N) is 2. The molecule has 0 aliphatic heterocycles. The molecule has 0 bridgehead atoms. The molecule has 0 aromatic carbocycles. The van der Waals surface area contributed by atoms with Crippen LogP contribution in [0, 0.1) is 10.1 Å². The van der Waals surface area contributed by atoms with Gasteiger partial charge >= 0.3 is 5.69 Å². The number of nitro groups is 1. The molecule has 1 rings (SSSR count). The number of carbonyl (C=O) groups is 1. The second-order valence-corrected chi connectivity index (χ2v) is 3.01. The van der Waals surface area contributed by atoms with Crippen LogP contribution in [0.15, 0.2) is 6.07 Å². The van der Waals surface area contributed by atoms with E-state index < -0.39 is 39.4 Å². The zero-order valence-electron chi connectivity index (χ0n) is 7.49. The summed E-state index contributed by atoms with van der Waals surface area (Å²) in [6.07, 6.45) is -3.10. The van der Waals surface area contributed by atoms with Gasteiger partial charge in [0, 0.05) is 6.07 Å².